The van der Waals surface area contributed by atoms with Gasteiger partial charge in [-0.1, -0.05) is 6.07 Å². The van der Waals surface area contributed by atoms with Gasteiger partial charge in [-0.15, -0.1) is 0 Å². The lowest BCUT2D eigenvalue weighted by Crippen LogP contribution is -2.24. The SMILES string of the molecule is CNC(N)c1ccc2nc(C)oc2c1. The summed E-state index contributed by atoms with van der Waals surface area (Å²) >= 11 is 0. The fraction of sp³-hybridized carbons (Fsp3) is 0.300. The maximum Gasteiger partial charge on any atom is 0.192 e. The van der Waals surface area contributed by atoms with Gasteiger partial charge in [-0.2, -0.15) is 0 Å². The zero-order valence-electron chi connectivity index (χ0n) is 8.24. The Kier molecular flexibility index (Phi) is 2.23. The first-order valence-electron chi connectivity index (χ1n) is 4.50. The lowest BCUT2D eigenvalue weighted by molar-refractivity contribution is 0.558. The van der Waals surface area contributed by atoms with Crippen molar-refractivity contribution in [2.45, 2.75) is 13.1 Å². The molecular formula is C10H13N3O. The van der Waals surface area contributed by atoms with Crippen LogP contribution in [0.1, 0.15) is 17.6 Å². The van der Waals surface area contributed by atoms with Crippen LogP contribution in [0, 0.1) is 6.92 Å². The zero-order chi connectivity index (χ0) is 10.1. The van der Waals surface area contributed by atoms with Crippen LogP contribution in [0.2, 0.25) is 0 Å². The Morgan fingerprint density at radius 3 is 3.00 bits per heavy atom. The topological polar surface area (TPSA) is 64.1 Å². The average Bonchev–Trinajstić information content (AvgIpc) is 2.55. The molecule has 1 unspecified atom stereocenters. The van der Waals surface area contributed by atoms with Gasteiger partial charge in [0.05, 0.1) is 6.17 Å². The largest absolute Gasteiger partial charge is 0.441 e. The minimum atomic E-state index is -0.162. The van der Waals surface area contributed by atoms with Gasteiger partial charge in [0.1, 0.15) is 5.52 Å². The summed E-state index contributed by atoms with van der Waals surface area (Å²) < 4.78 is 5.41. The predicted octanol–water partition coefficient (Wildman–Crippen LogP) is 1.31. The Bertz CT molecular complexity index is 450. The molecule has 0 saturated carbocycles. The molecule has 3 N–H and O–H groups in total. The molecule has 0 spiro atoms. The normalized spacial score (nSPS) is 13.4. The number of rotatable bonds is 2. The standard InChI is InChI=1S/C10H13N3O/c1-6-13-8-4-3-7(10(11)12-2)5-9(8)14-6/h3-5,10,12H,11H2,1-2H3. The van der Waals surface area contributed by atoms with E-state index in [-0.39, 0.29) is 6.17 Å². The number of hydrogen-bond acceptors (Lipinski definition) is 4. The summed E-state index contributed by atoms with van der Waals surface area (Å²) in [4.78, 5) is 4.21. The number of aryl methyl sites for hydroxylation is 1. The summed E-state index contributed by atoms with van der Waals surface area (Å²) in [7, 11) is 1.82. The van der Waals surface area contributed by atoms with Crippen molar-refractivity contribution in [1.82, 2.24) is 10.3 Å². The van der Waals surface area contributed by atoms with E-state index < -0.39 is 0 Å². The van der Waals surface area contributed by atoms with Gasteiger partial charge in [-0.25, -0.2) is 4.98 Å². The first-order chi connectivity index (χ1) is 6.70. The van der Waals surface area contributed by atoms with Gasteiger partial charge in [-0.05, 0) is 24.7 Å². The quantitative estimate of drug-likeness (QED) is 0.702. The summed E-state index contributed by atoms with van der Waals surface area (Å²) in [6.45, 7) is 1.83. The molecule has 14 heavy (non-hydrogen) atoms. The van der Waals surface area contributed by atoms with Crippen LogP contribution in [-0.2, 0) is 0 Å². The van der Waals surface area contributed by atoms with Crippen LogP contribution in [-0.4, -0.2) is 12.0 Å². The molecular weight excluding hydrogens is 178 g/mol. The summed E-state index contributed by atoms with van der Waals surface area (Å²) in [5, 5.41) is 2.97. The average molecular weight is 191 g/mol. The van der Waals surface area contributed by atoms with Crippen LogP contribution in [0.3, 0.4) is 0 Å². The van der Waals surface area contributed by atoms with E-state index in [9.17, 15) is 0 Å². The van der Waals surface area contributed by atoms with E-state index in [4.69, 9.17) is 10.2 Å². The van der Waals surface area contributed by atoms with Gasteiger partial charge in [0.2, 0.25) is 0 Å². The number of hydrogen-bond donors (Lipinski definition) is 2. The van der Waals surface area contributed by atoms with Crippen molar-refractivity contribution in [3.8, 4) is 0 Å². The second-order valence-corrected chi connectivity index (χ2v) is 3.23. The van der Waals surface area contributed by atoms with Crippen molar-refractivity contribution < 1.29 is 4.42 Å². The highest BCUT2D eigenvalue weighted by molar-refractivity contribution is 5.73. The molecule has 4 heteroatoms. The van der Waals surface area contributed by atoms with E-state index in [1.165, 1.54) is 0 Å². The van der Waals surface area contributed by atoms with Gasteiger partial charge < -0.3 is 15.5 Å². The van der Waals surface area contributed by atoms with Crippen LogP contribution >= 0.6 is 0 Å². The number of benzene rings is 1. The van der Waals surface area contributed by atoms with Gasteiger partial charge in [0.25, 0.3) is 0 Å². The molecule has 2 rings (SSSR count). The molecule has 0 amide bonds. The maximum absolute atomic E-state index is 5.82. The molecule has 1 atom stereocenters. The molecule has 1 heterocycles. The first kappa shape index (κ1) is 9.18. The predicted molar refractivity (Wildman–Crippen MR) is 54.7 cm³/mol. The summed E-state index contributed by atoms with van der Waals surface area (Å²) in [5.74, 6) is 0.676. The molecule has 0 bridgehead atoms. The molecule has 0 aliphatic carbocycles. The van der Waals surface area contributed by atoms with Gasteiger partial charge in [0, 0.05) is 6.92 Å². The Labute approximate surface area is 82.1 Å². The summed E-state index contributed by atoms with van der Waals surface area (Å²) in [6.07, 6.45) is -0.162. The monoisotopic (exact) mass is 191 g/mol. The molecule has 0 saturated heterocycles. The van der Waals surface area contributed by atoms with E-state index in [0.717, 1.165) is 16.7 Å². The molecule has 1 aromatic carbocycles. The highest BCUT2D eigenvalue weighted by Crippen LogP contribution is 2.18. The smallest absolute Gasteiger partial charge is 0.192 e. The molecule has 1 aromatic heterocycles. The van der Waals surface area contributed by atoms with E-state index >= 15 is 0 Å². The van der Waals surface area contributed by atoms with Crippen molar-refractivity contribution in [3.05, 3.63) is 29.7 Å². The van der Waals surface area contributed by atoms with Crippen LogP contribution < -0.4 is 11.1 Å². The van der Waals surface area contributed by atoms with Crippen molar-refractivity contribution >= 4 is 11.1 Å². The zero-order valence-corrected chi connectivity index (χ0v) is 8.24. The second kappa shape index (κ2) is 3.40. The Hall–Kier alpha value is -1.39. The summed E-state index contributed by atoms with van der Waals surface area (Å²) in [5.41, 5.74) is 8.47. The minimum Gasteiger partial charge on any atom is -0.441 e. The molecule has 0 fully saturated rings. The fourth-order valence-electron chi connectivity index (χ4n) is 1.42. The lowest BCUT2D eigenvalue weighted by Gasteiger charge is -2.09. The second-order valence-electron chi connectivity index (χ2n) is 3.23. The highest BCUT2D eigenvalue weighted by atomic mass is 16.3. The molecule has 0 aliphatic heterocycles. The third-order valence-electron chi connectivity index (χ3n) is 2.19. The van der Waals surface area contributed by atoms with Crippen molar-refractivity contribution in [2.24, 2.45) is 5.73 Å². The number of oxazole rings is 1. The minimum absolute atomic E-state index is 0.162. The first-order valence-corrected chi connectivity index (χ1v) is 4.50. The van der Waals surface area contributed by atoms with Crippen LogP contribution in [0.4, 0.5) is 0 Å². The number of nitrogens with one attached hydrogen (secondary N) is 1. The third kappa shape index (κ3) is 1.49. The van der Waals surface area contributed by atoms with E-state index in [1.807, 2.05) is 32.2 Å². The van der Waals surface area contributed by atoms with Gasteiger partial charge >= 0.3 is 0 Å². The van der Waals surface area contributed by atoms with Crippen molar-refractivity contribution in [3.63, 3.8) is 0 Å². The third-order valence-corrected chi connectivity index (χ3v) is 2.19. The van der Waals surface area contributed by atoms with Crippen molar-refractivity contribution in [1.29, 1.82) is 0 Å². The van der Waals surface area contributed by atoms with Gasteiger partial charge in [0.15, 0.2) is 11.5 Å². The van der Waals surface area contributed by atoms with Crippen LogP contribution in [0.5, 0.6) is 0 Å². The molecule has 2 aromatic rings. The number of nitrogens with two attached hydrogens (primary N) is 1. The van der Waals surface area contributed by atoms with Crippen LogP contribution in [0.25, 0.3) is 11.1 Å². The molecule has 0 aliphatic rings. The lowest BCUT2D eigenvalue weighted by atomic mass is 10.1. The summed E-state index contributed by atoms with van der Waals surface area (Å²) in [6, 6.07) is 5.78. The fourth-order valence-corrected chi connectivity index (χ4v) is 1.42. The van der Waals surface area contributed by atoms with E-state index in [2.05, 4.69) is 10.3 Å². The molecule has 4 nitrogen and oxygen atoms in total. The maximum atomic E-state index is 5.82. The molecule has 0 radical (unpaired) electrons. The highest BCUT2D eigenvalue weighted by Gasteiger charge is 2.06. The van der Waals surface area contributed by atoms with Crippen LogP contribution in [0.15, 0.2) is 22.6 Å². The van der Waals surface area contributed by atoms with Crippen molar-refractivity contribution in [2.75, 3.05) is 7.05 Å². The van der Waals surface area contributed by atoms with E-state index in [1.54, 1.807) is 0 Å². The Morgan fingerprint density at radius 1 is 1.50 bits per heavy atom. The Balaban J connectivity index is 2.50. The molecule has 74 valence electrons. The van der Waals surface area contributed by atoms with E-state index in [0.29, 0.717) is 5.89 Å². The number of nitrogens with zero attached hydrogens (tertiary/aromatic N) is 1. The Morgan fingerprint density at radius 2 is 2.29 bits per heavy atom. The number of aromatic nitrogens is 1. The van der Waals surface area contributed by atoms with Gasteiger partial charge in [-0.3, -0.25) is 0 Å². The number of fused-ring (bicyclic) bond motifs is 1.